The zero-order chi connectivity index (χ0) is 8.97. The summed E-state index contributed by atoms with van der Waals surface area (Å²) in [5, 5.41) is 0. The fraction of sp³-hybridized carbons (Fsp3) is 0.273. The molecule has 0 saturated carbocycles. The average Bonchev–Trinajstić information content (AvgIpc) is 2.01. The Labute approximate surface area is 82.4 Å². The Hall–Kier alpha value is -0.560. The van der Waals surface area contributed by atoms with Crippen molar-refractivity contribution in [1.29, 1.82) is 0 Å². The first-order valence-corrected chi connectivity index (χ1v) is 4.85. The molecule has 0 aliphatic rings. The Morgan fingerprint density at radius 2 is 2.17 bits per heavy atom. The van der Waals surface area contributed by atoms with Crippen LogP contribution in [-0.2, 0) is 6.42 Å². The molecule has 0 amide bonds. The van der Waals surface area contributed by atoms with Crippen molar-refractivity contribution >= 4 is 15.9 Å². The number of halogens is 1. The summed E-state index contributed by atoms with van der Waals surface area (Å²) in [7, 11) is 0. The minimum Gasteiger partial charge on any atom is -0.0815 e. The molecular weight excluding hydrogens is 212 g/mol. The van der Waals surface area contributed by atoms with E-state index < -0.39 is 0 Å². The fourth-order valence-corrected chi connectivity index (χ4v) is 1.43. The van der Waals surface area contributed by atoms with Crippen molar-refractivity contribution in [1.82, 2.24) is 0 Å². The quantitative estimate of drug-likeness (QED) is 0.668. The van der Waals surface area contributed by atoms with E-state index in [9.17, 15) is 0 Å². The Balaban J connectivity index is 2.70. The molecule has 1 aromatic carbocycles. The number of benzene rings is 1. The van der Waals surface area contributed by atoms with Gasteiger partial charge in [0, 0.05) is 4.47 Å². The first kappa shape index (κ1) is 9.53. The third-order valence-corrected chi connectivity index (χ3v) is 2.13. The van der Waals surface area contributed by atoms with E-state index in [1.807, 2.05) is 6.07 Å². The van der Waals surface area contributed by atoms with Crippen LogP contribution in [0.1, 0.15) is 19.4 Å². The number of hydrogen-bond donors (Lipinski definition) is 0. The molecule has 0 heterocycles. The molecule has 1 aromatic rings. The van der Waals surface area contributed by atoms with Crippen LogP contribution < -0.4 is 0 Å². The highest BCUT2D eigenvalue weighted by Crippen LogP contribution is 2.12. The molecule has 0 aliphatic carbocycles. The number of rotatable bonds is 2. The van der Waals surface area contributed by atoms with Gasteiger partial charge in [-0.15, -0.1) is 0 Å². The largest absolute Gasteiger partial charge is 0.0815 e. The van der Waals surface area contributed by atoms with Gasteiger partial charge in [0.25, 0.3) is 0 Å². The maximum absolute atomic E-state index is 3.45. The monoisotopic (exact) mass is 224 g/mol. The number of allylic oxidation sites excluding steroid dienone is 2. The van der Waals surface area contributed by atoms with Crippen LogP contribution in [0.15, 0.2) is 40.4 Å². The summed E-state index contributed by atoms with van der Waals surface area (Å²) in [6.45, 7) is 4.25. The van der Waals surface area contributed by atoms with E-state index in [2.05, 4.69) is 54.1 Å². The SMILES string of the molecule is CC(C)=CCc1cccc(Br)c1. The molecule has 0 bridgehead atoms. The van der Waals surface area contributed by atoms with Crippen molar-refractivity contribution in [3.8, 4) is 0 Å². The van der Waals surface area contributed by atoms with Crippen molar-refractivity contribution < 1.29 is 0 Å². The Morgan fingerprint density at radius 3 is 2.75 bits per heavy atom. The molecule has 0 aromatic heterocycles. The van der Waals surface area contributed by atoms with Crippen molar-refractivity contribution in [2.75, 3.05) is 0 Å². The van der Waals surface area contributed by atoms with Crippen LogP contribution in [0.5, 0.6) is 0 Å². The smallest absolute Gasteiger partial charge is 0.0178 e. The molecule has 0 atom stereocenters. The van der Waals surface area contributed by atoms with Gasteiger partial charge in [-0.05, 0) is 38.0 Å². The predicted molar refractivity (Wildman–Crippen MR) is 57.3 cm³/mol. The van der Waals surface area contributed by atoms with Gasteiger partial charge in [0.2, 0.25) is 0 Å². The summed E-state index contributed by atoms with van der Waals surface area (Å²) >= 11 is 3.45. The van der Waals surface area contributed by atoms with Gasteiger partial charge in [0.15, 0.2) is 0 Å². The van der Waals surface area contributed by atoms with Gasteiger partial charge in [-0.3, -0.25) is 0 Å². The van der Waals surface area contributed by atoms with Gasteiger partial charge < -0.3 is 0 Å². The average molecular weight is 225 g/mol. The molecule has 1 heteroatoms. The lowest BCUT2D eigenvalue weighted by Gasteiger charge is -1.97. The second-order valence-electron chi connectivity index (χ2n) is 3.12. The van der Waals surface area contributed by atoms with E-state index >= 15 is 0 Å². The Morgan fingerprint density at radius 1 is 1.42 bits per heavy atom. The highest BCUT2D eigenvalue weighted by molar-refractivity contribution is 9.10. The van der Waals surface area contributed by atoms with Gasteiger partial charge in [0.05, 0.1) is 0 Å². The van der Waals surface area contributed by atoms with Crippen molar-refractivity contribution in [2.24, 2.45) is 0 Å². The second kappa shape index (κ2) is 4.46. The molecule has 64 valence electrons. The van der Waals surface area contributed by atoms with Crippen LogP contribution in [-0.4, -0.2) is 0 Å². The van der Waals surface area contributed by atoms with Crippen LogP contribution in [0.25, 0.3) is 0 Å². The third-order valence-electron chi connectivity index (χ3n) is 1.64. The summed E-state index contributed by atoms with van der Waals surface area (Å²) in [5.41, 5.74) is 2.72. The molecule has 0 aliphatic heterocycles. The Kier molecular flexibility index (Phi) is 3.54. The molecule has 0 N–H and O–H groups in total. The molecule has 0 nitrogen and oxygen atoms in total. The van der Waals surface area contributed by atoms with E-state index in [-0.39, 0.29) is 0 Å². The highest BCUT2D eigenvalue weighted by Gasteiger charge is 1.90. The molecular formula is C11H13Br. The van der Waals surface area contributed by atoms with E-state index in [1.165, 1.54) is 11.1 Å². The second-order valence-corrected chi connectivity index (χ2v) is 4.03. The summed E-state index contributed by atoms with van der Waals surface area (Å²) in [6.07, 6.45) is 3.27. The van der Waals surface area contributed by atoms with Crippen LogP contribution in [0.4, 0.5) is 0 Å². The van der Waals surface area contributed by atoms with E-state index in [0.717, 1.165) is 10.9 Å². The molecule has 0 saturated heterocycles. The first-order valence-electron chi connectivity index (χ1n) is 4.06. The normalized spacial score (nSPS) is 9.58. The zero-order valence-corrected chi connectivity index (χ0v) is 9.06. The minimum absolute atomic E-state index is 1.03. The van der Waals surface area contributed by atoms with Crippen LogP contribution in [0.2, 0.25) is 0 Å². The van der Waals surface area contributed by atoms with Crippen LogP contribution >= 0.6 is 15.9 Å². The van der Waals surface area contributed by atoms with Gasteiger partial charge in [0.1, 0.15) is 0 Å². The lowest BCUT2D eigenvalue weighted by atomic mass is 10.1. The van der Waals surface area contributed by atoms with Gasteiger partial charge in [-0.25, -0.2) is 0 Å². The summed E-state index contributed by atoms with van der Waals surface area (Å²) in [4.78, 5) is 0. The molecule has 0 fully saturated rings. The van der Waals surface area contributed by atoms with Crippen LogP contribution in [0, 0.1) is 0 Å². The predicted octanol–water partition coefficient (Wildman–Crippen LogP) is 3.96. The molecule has 12 heavy (non-hydrogen) atoms. The number of hydrogen-bond acceptors (Lipinski definition) is 0. The fourth-order valence-electron chi connectivity index (χ4n) is 0.986. The summed E-state index contributed by atoms with van der Waals surface area (Å²) in [5.74, 6) is 0. The standard InChI is InChI=1S/C11H13Br/c1-9(2)6-7-10-4-3-5-11(12)8-10/h3-6,8H,7H2,1-2H3. The van der Waals surface area contributed by atoms with E-state index in [0.29, 0.717) is 0 Å². The van der Waals surface area contributed by atoms with Gasteiger partial charge >= 0.3 is 0 Å². The zero-order valence-electron chi connectivity index (χ0n) is 7.47. The highest BCUT2D eigenvalue weighted by atomic mass is 79.9. The lowest BCUT2D eigenvalue weighted by molar-refractivity contribution is 1.21. The first-order chi connectivity index (χ1) is 5.68. The topological polar surface area (TPSA) is 0 Å². The van der Waals surface area contributed by atoms with Crippen molar-refractivity contribution in [3.63, 3.8) is 0 Å². The molecule has 0 unspecified atom stereocenters. The summed E-state index contributed by atoms with van der Waals surface area (Å²) < 4.78 is 1.15. The maximum atomic E-state index is 3.45. The van der Waals surface area contributed by atoms with E-state index in [1.54, 1.807) is 0 Å². The molecule has 0 spiro atoms. The van der Waals surface area contributed by atoms with Crippen molar-refractivity contribution in [3.05, 3.63) is 46.0 Å². The minimum atomic E-state index is 1.03. The lowest BCUT2D eigenvalue weighted by Crippen LogP contribution is -1.80. The maximum Gasteiger partial charge on any atom is 0.0178 e. The Bertz CT molecular complexity index is 283. The summed E-state index contributed by atoms with van der Waals surface area (Å²) in [6, 6.07) is 8.41. The molecule has 1 rings (SSSR count). The van der Waals surface area contributed by atoms with E-state index in [4.69, 9.17) is 0 Å². The van der Waals surface area contributed by atoms with Gasteiger partial charge in [-0.2, -0.15) is 0 Å². The van der Waals surface area contributed by atoms with Crippen LogP contribution in [0.3, 0.4) is 0 Å². The van der Waals surface area contributed by atoms with Crippen molar-refractivity contribution in [2.45, 2.75) is 20.3 Å². The molecule has 0 radical (unpaired) electrons. The van der Waals surface area contributed by atoms with Gasteiger partial charge in [-0.1, -0.05) is 39.7 Å². The third kappa shape index (κ3) is 3.22.